The monoisotopic (exact) mass is 368 g/mol. The van der Waals surface area contributed by atoms with Gasteiger partial charge in [0, 0.05) is 34.6 Å². The van der Waals surface area contributed by atoms with Crippen molar-refractivity contribution in [2.24, 2.45) is 0 Å². The van der Waals surface area contributed by atoms with Crippen LogP contribution in [0.1, 0.15) is 24.5 Å². The van der Waals surface area contributed by atoms with Crippen molar-refractivity contribution in [2.75, 3.05) is 5.73 Å². The number of nitrogens with two attached hydrogens (primary N) is 1. The van der Waals surface area contributed by atoms with Gasteiger partial charge >= 0.3 is 0 Å². The minimum atomic E-state index is 0.449. The summed E-state index contributed by atoms with van der Waals surface area (Å²) in [5.41, 5.74) is 8.50. The smallest absolute Gasteiger partial charge is 0.217 e. The Morgan fingerprint density at radius 1 is 1.08 bits per heavy atom. The molecule has 1 aromatic heterocycles. The Morgan fingerprint density at radius 2 is 1.88 bits per heavy atom. The van der Waals surface area contributed by atoms with Gasteiger partial charge in [-0.25, -0.2) is 4.98 Å². The number of nitrogens with zero attached hydrogens (tertiary/aromatic N) is 1. The van der Waals surface area contributed by atoms with E-state index in [4.69, 9.17) is 26.8 Å². The second-order valence-corrected chi connectivity index (χ2v) is 6.41. The first-order chi connectivity index (χ1) is 12.6. The number of hydrogen-bond acceptors (Lipinski definition) is 4. The number of aromatic nitrogens is 1. The lowest BCUT2D eigenvalue weighted by molar-refractivity contribution is 0.292. The van der Waals surface area contributed by atoms with Crippen LogP contribution in [-0.4, -0.2) is 4.98 Å². The molecule has 2 aromatic carbocycles. The fraction of sp³-hybridized carbons (Fsp3) is 0.190. The Labute approximate surface area is 158 Å². The molecule has 0 bridgehead atoms. The normalized spacial score (nSPS) is 10.5. The number of aryl methyl sites for hydroxylation is 1. The topological polar surface area (TPSA) is 57.4 Å². The van der Waals surface area contributed by atoms with Crippen LogP contribution in [0, 0.1) is 0 Å². The number of benzene rings is 2. The molecule has 134 valence electrons. The molecule has 0 aliphatic heterocycles. The summed E-state index contributed by atoms with van der Waals surface area (Å²) in [7, 11) is 0. The third-order valence-electron chi connectivity index (χ3n) is 3.79. The molecule has 0 fully saturated rings. The Balaban J connectivity index is 1.81. The van der Waals surface area contributed by atoms with Gasteiger partial charge in [0.15, 0.2) is 0 Å². The molecule has 3 rings (SSSR count). The van der Waals surface area contributed by atoms with Gasteiger partial charge in [-0.2, -0.15) is 0 Å². The second-order valence-electron chi connectivity index (χ2n) is 5.98. The van der Waals surface area contributed by atoms with Gasteiger partial charge in [0.25, 0.3) is 0 Å². The van der Waals surface area contributed by atoms with E-state index in [1.54, 1.807) is 24.4 Å². The molecule has 0 radical (unpaired) electrons. The lowest BCUT2D eigenvalue weighted by Gasteiger charge is -2.13. The fourth-order valence-electron chi connectivity index (χ4n) is 2.58. The molecule has 4 nitrogen and oxygen atoms in total. The first-order valence-electron chi connectivity index (χ1n) is 8.53. The lowest BCUT2D eigenvalue weighted by atomic mass is 10.1. The summed E-state index contributed by atoms with van der Waals surface area (Å²) in [4.78, 5) is 4.40. The van der Waals surface area contributed by atoms with Crippen LogP contribution in [0.25, 0.3) is 0 Å². The highest BCUT2D eigenvalue weighted by Gasteiger charge is 2.10. The molecule has 0 aliphatic carbocycles. The van der Waals surface area contributed by atoms with Gasteiger partial charge in [-0.05, 0) is 24.1 Å². The van der Waals surface area contributed by atoms with E-state index in [-0.39, 0.29) is 0 Å². The summed E-state index contributed by atoms with van der Waals surface area (Å²) in [6, 6.07) is 16.9. The Kier molecular flexibility index (Phi) is 5.97. The fourth-order valence-corrected chi connectivity index (χ4v) is 2.81. The molecule has 0 spiro atoms. The molecular formula is C21H21ClN2O2. The van der Waals surface area contributed by atoms with Crippen molar-refractivity contribution in [2.45, 2.75) is 26.4 Å². The predicted octanol–water partition coefficient (Wildman–Crippen LogP) is 5.64. The van der Waals surface area contributed by atoms with Crippen LogP contribution in [0.4, 0.5) is 5.69 Å². The maximum absolute atomic E-state index is 6.07. The van der Waals surface area contributed by atoms with Crippen molar-refractivity contribution < 1.29 is 9.47 Å². The summed E-state index contributed by atoms with van der Waals surface area (Å²) >= 11 is 6.07. The van der Waals surface area contributed by atoms with Crippen LogP contribution in [-0.2, 0) is 13.0 Å². The van der Waals surface area contributed by atoms with Crippen LogP contribution in [0.3, 0.4) is 0 Å². The highest BCUT2D eigenvalue weighted by Crippen LogP contribution is 2.31. The molecule has 0 aliphatic rings. The van der Waals surface area contributed by atoms with E-state index in [2.05, 4.69) is 11.9 Å². The van der Waals surface area contributed by atoms with Crippen molar-refractivity contribution in [3.05, 3.63) is 76.9 Å². The molecule has 0 unspecified atom stereocenters. The first kappa shape index (κ1) is 18.1. The third kappa shape index (κ3) is 4.90. The lowest BCUT2D eigenvalue weighted by Crippen LogP contribution is -2.00. The Morgan fingerprint density at radius 3 is 2.62 bits per heavy atom. The van der Waals surface area contributed by atoms with Gasteiger partial charge in [-0.3, -0.25) is 0 Å². The molecule has 3 aromatic rings. The standard InChI is InChI=1S/C21H21ClN2O2/c1-2-6-16-13-24-21(25-14-15-7-4-3-5-8-15)12-20(16)26-19-10-17(22)9-18(23)11-19/h3-5,7-13H,2,6,14,23H2,1H3. The second kappa shape index (κ2) is 8.59. The molecule has 26 heavy (non-hydrogen) atoms. The molecule has 0 saturated heterocycles. The first-order valence-corrected chi connectivity index (χ1v) is 8.91. The van der Waals surface area contributed by atoms with E-state index in [1.165, 1.54) is 0 Å². The van der Waals surface area contributed by atoms with E-state index in [0.717, 1.165) is 24.0 Å². The zero-order valence-corrected chi connectivity index (χ0v) is 15.4. The molecule has 1 heterocycles. The van der Waals surface area contributed by atoms with Gasteiger partial charge in [0.05, 0.1) is 0 Å². The summed E-state index contributed by atoms with van der Waals surface area (Å²) in [6.45, 7) is 2.56. The Bertz CT molecular complexity index is 849. The van der Waals surface area contributed by atoms with Crippen molar-refractivity contribution in [3.8, 4) is 17.4 Å². The maximum atomic E-state index is 6.07. The average molecular weight is 369 g/mol. The van der Waals surface area contributed by atoms with Crippen molar-refractivity contribution in [1.29, 1.82) is 0 Å². The molecule has 2 N–H and O–H groups in total. The van der Waals surface area contributed by atoms with E-state index < -0.39 is 0 Å². The largest absolute Gasteiger partial charge is 0.473 e. The van der Waals surface area contributed by atoms with E-state index in [0.29, 0.717) is 34.7 Å². The minimum Gasteiger partial charge on any atom is -0.473 e. The molecular weight excluding hydrogens is 348 g/mol. The molecule has 0 atom stereocenters. The number of pyridine rings is 1. The maximum Gasteiger partial charge on any atom is 0.217 e. The van der Waals surface area contributed by atoms with Crippen LogP contribution in [0.5, 0.6) is 17.4 Å². The van der Waals surface area contributed by atoms with Crippen LogP contribution >= 0.6 is 11.6 Å². The van der Waals surface area contributed by atoms with E-state index >= 15 is 0 Å². The number of ether oxygens (including phenoxy) is 2. The van der Waals surface area contributed by atoms with Gasteiger partial charge in [0.2, 0.25) is 5.88 Å². The number of nitrogen functional groups attached to an aromatic ring is 1. The number of rotatable bonds is 7. The quantitative estimate of drug-likeness (QED) is 0.548. The van der Waals surface area contributed by atoms with Crippen LogP contribution in [0.2, 0.25) is 5.02 Å². The summed E-state index contributed by atoms with van der Waals surface area (Å²) in [5.74, 6) is 1.80. The predicted molar refractivity (Wildman–Crippen MR) is 105 cm³/mol. The Hall–Kier alpha value is -2.72. The summed E-state index contributed by atoms with van der Waals surface area (Å²) < 4.78 is 11.8. The zero-order valence-electron chi connectivity index (χ0n) is 14.6. The van der Waals surface area contributed by atoms with Crippen LogP contribution in [0.15, 0.2) is 60.8 Å². The van der Waals surface area contributed by atoms with Gasteiger partial charge in [0.1, 0.15) is 18.1 Å². The van der Waals surface area contributed by atoms with Gasteiger partial charge in [-0.15, -0.1) is 0 Å². The van der Waals surface area contributed by atoms with Crippen molar-refractivity contribution >= 4 is 17.3 Å². The minimum absolute atomic E-state index is 0.449. The summed E-state index contributed by atoms with van der Waals surface area (Å²) in [5, 5.41) is 0.534. The highest BCUT2D eigenvalue weighted by atomic mass is 35.5. The number of anilines is 1. The highest BCUT2D eigenvalue weighted by molar-refractivity contribution is 6.31. The van der Waals surface area contributed by atoms with E-state index in [1.807, 2.05) is 36.4 Å². The molecule has 0 amide bonds. The molecule has 0 saturated carbocycles. The number of hydrogen-bond donors (Lipinski definition) is 1. The van der Waals surface area contributed by atoms with Gasteiger partial charge in [-0.1, -0.05) is 55.3 Å². The number of halogens is 1. The van der Waals surface area contributed by atoms with E-state index in [9.17, 15) is 0 Å². The van der Waals surface area contributed by atoms with Crippen LogP contribution < -0.4 is 15.2 Å². The third-order valence-corrected chi connectivity index (χ3v) is 4.01. The molecule has 5 heteroatoms. The SMILES string of the molecule is CCCc1cnc(OCc2ccccc2)cc1Oc1cc(N)cc(Cl)c1. The average Bonchev–Trinajstić information content (AvgIpc) is 2.62. The summed E-state index contributed by atoms with van der Waals surface area (Å²) in [6.07, 6.45) is 3.64. The zero-order chi connectivity index (χ0) is 18.4. The van der Waals surface area contributed by atoms with Crippen molar-refractivity contribution in [3.63, 3.8) is 0 Å². The van der Waals surface area contributed by atoms with Crippen molar-refractivity contribution in [1.82, 2.24) is 4.98 Å². The van der Waals surface area contributed by atoms with Gasteiger partial charge < -0.3 is 15.2 Å².